The van der Waals surface area contributed by atoms with E-state index in [-0.39, 0.29) is 23.6 Å². The Morgan fingerprint density at radius 2 is 1.91 bits per heavy atom. The molecule has 0 aromatic carbocycles. The smallest absolute Gasteiger partial charge is 0.336 e. The van der Waals surface area contributed by atoms with Crippen LogP contribution in [-0.4, -0.2) is 42.2 Å². The zero-order valence-corrected chi connectivity index (χ0v) is 19.7. The summed E-state index contributed by atoms with van der Waals surface area (Å²) in [5, 5.41) is 8.31. The largest absolute Gasteiger partial charge is 0.433 e. The van der Waals surface area contributed by atoms with E-state index in [1.165, 1.54) is 22.3 Å². The fraction of sp³-hybridized carbons (Fsp3) is 0.364. The summed E-state index contributed by atoms with van der Waals surface area (Å²) in [4.78, 5) is 20.5. The lowest BCUT2D eigenvalue weighted by Crippen LogP contribution is -2.27. The van der Waals surface area contributed by atoms with Crippen molar-refractivity contribution in [1.29, 1.82) is 0 Å². The molecule has 7 nitrogen and oxygen atoms in total. The molecular weight excluding hydrogens is 453 g/mol. The first-order valence-corrected chi connectivity index (χ1v) is 11.1. The van der Waals surface area contributed by atoms with Gasteiger partial charge in [0, 0.05) is 42.8 Å². The SMILES string of the molecule is CCc1ccc(-c2cc(C(F)(F)F)n3nc(C(=O)N(C)Cc4c(C)nn(C)c4C)cc3n2)s1. The number of aryl methyl sites for hydroxylation is 3. The summed E-state index contributed by atoms with van der Waals surface area (Å²) in [6.45, 7) is 5.99. The van der Waals surface area contributed by atoms with Crippen LogP contribution in [0, 0.1) is 13.8 Å². The van der Waals surface area contributed by atoms with Gasteiger partial charge in [-0.1, -0.05) is 6.92 Å². The summed E-state index contributed by atoms with van der Waals surface area (Å²) in [7, 11) is 3.40. The molecule has 0 fully saturated rings. The number of nitrogens with zero attached hydrogens (tertiary/aromatic N) is 6. The molecule has 4 aromatic rings. The first-order chi connectivity index (χ1) is 15.5. The predicted octanol–water partition coefficient (Wildman–Crippen LogP) is 4.66. The standard InChI is InChI=1S/C22H23F3N6OS/c1-6-14-7-8-18(33-14)16-9-19(22(23,24)25)31-20(26-16)10-17(28-31)21(32)29(4)11-15-12(2)27-30(5)13(15)3/h7-10H,6,11H2,1-5H3. The van der Waals surface area contributed by atoms with Crippen LogP contribution in [0.4, 0.5) is 13.2 Å². The molecule has 174 valence electrons. The Bertz CT molecular complexity index is 1350. The Kier molecular flexibility index (Phi) is 5.77. The van der Waals surface area contributed by atoms with Crippen LogP contribution in [-0.2, 0) is 26.2 Å². The number of carbonyl (C=O) groups excluding carboxylic acids is 1. The highest BCUT2D eigenvalue weighted by Gasteiger charge is 2.36. The van der Waals surface area contributed by atoms with Gasteiger partial charge in [-0.3, -0.25) is 9.48 Å². The van der Waals surface area contributed by atoms with E-state index in [1.54, 1.807) is 17.8 Å². The van der Waals surface area contributed by atoms with Crippen LogP contribution in [0.1, 0.15) is 44.9 Å². The van der Waals surface area contributed by atoms with Crippen LogP contribution < -0.4 is 0 Å². The van der Waals surface area contributed by atoms with Gasteiger partial charge < -0.3 is 4.90 Å². The Hall–Kier alpha value is -3.21. The van der Waals surface area contributed by atoms with Crippen LogP contribution in [0.2, 0.25) is 0 Å². The summed E-state index contributed by atoms with van der Waals surface area (Å²) in [6.07, 6.45) is -3.88. The third kappa shape index (κ3) is 4.24. The zero-order chi connectivity index (χ0) is 24.1. The first-order valence-electron chi connectivity index (χ1n) is 10.3. The fourth-order valence-electron chi connectivity index (χ4n) is 3.66. The quantitative estimate of drug-likeness (QED) is 0.420. The van der Waals surface area contributed by atoms with Crippen LogP contribution in [0.15, 0.2) is 24.3 Å². The Labute approximate surface area is 192 Å². The topological polar surface area (TPSA) is 68.3 Å². The second-order valence-corrected chi connectivity index (χ2v) is 9.05. The summed E-state index contributed by atoms with van der Waals surface area (Å²) < 4.78 is 43.9. The summed E-state index contributed by atoms with van der Waals surface area (Å²) in [5.41, 5.74) is 1.68. The van der Waals surface area contributed by atoms with Gasteiger partial charge in [-0.15, -0.1) is 11.3 Å². The van der Waals surface area contributed by atoms with Crippen LogP contribution in [0.5, 0.6) is 0 Å². The molecule has 0 spiro atoms. The van der Waals surface area contributed by atoms with Gasteiger partial charge in [0.2, 0.25) is 0 Å². The van der Waals surface area contributed by atoms with Crippen molar-refractivity contribution in [2.45, 2.75) is 39.9 Å². The maximum Gasteiger partial charge on any atom is 0.433 e. The van der Waals surface area contributed by atoms with Crippen molar-refractivity contribution < 1.29 is 18.0 Å². The molecule has 0 bridgehead atoms. The number of thiophene rings is 1. The zero-order valence-electron chi connectivity index (χ0n) is 18.9. The number of rotatable bonds is 5. The molecule has 11 heteroatoms. The van der Waals surface area contributed by atoms with Crippen LogP contribution >= 0.6 is 11.3 Å². The van der Waals surface area contributed by atoms with Gasteiger partial charge in [0.15, 0.2) is 17.0 Å². The molecule has 4 heterocycles. The second kappa shape index (κ2) is 8.29. The molecule has 0 radical (unpaired) electrons. The molecule has 1 amide bonds. The van der Waals surface area contributed by atoms with E-state index in [0.29, 0.717) is 9.39 Å². The van der Waals surface area contributed by atoms with E-state index in [4.69, 9.17) is 0 Å². The van der Waals surface area contributed by atoms with Crippen molar-refractivity contribution in [3.63, 3.8) is 0 Å². The van der Waals surface area contributed by atoms with Crippen molar-refractivity contribution in [2.24, 2.45) is 7.05 Å². The van der Waals surface area contributed by atoms with E-state index < -0.39 is 17.8 Å². The Morgan fingerprint density at radius 3 is 2.48 bits per heavy atom. The third-order valence-electron chi connectivity index (χ3n) is 5.60. The molecule has 4 aromatic heterocycles. The van der Waals surface area contributed by atoms with Gasteiger partial charge >= 0.3 is 6.18 Å². The molecule has 0 aliphatic heterocycles. The van der Waals surface area contributed by atoms with Gasteiger partial charge in [0.25, 0.3) is 5.91 Å². The molecule has 0 aliphatic carbocycles. The average Bonchev–Trinajstić information content (AvgIpc) is 3.46. The Morgan fingerprint density at radius 1 is 1.18 bits per heavy atom. The number of carbonyl (C=O) groups is 1. The highest BCUT2D eigenvalue weighted by Crippen LogP contribution is 2.34. The van der Waals surface area contributed by atoms with E-state index >= 15 is 0 Å². The van der Waals surface area contributed by atoms with Gasteiger partial charge in [0.1, 0.15) is 0 Å². The molecule has 0 atom stereocenters. The normalized spacial score (nSPS) is 12.0. The number of fused-ring (bicyclic) bond motifs is 1. The third-order valence-corrected chi connectivity index (χ3v) is 6.85. The van der Waals surface area contributed by atoms with Crippen molar-refractivity contribution >= 4 is 22.9 Å². The monoisotopic (exact) mass is 476 g/mol. The van der Waals surface area contributed by atoms with Crippen LogP contribution in [0.3, 0.4) is 0 Å². The van der Waals surface area contributed by atoms with Gasteiger partial charge in [0.05, 0.1) is 16.3 Å². The van der Waals surface area contributed by atoms with Crippen molar-refractivity contribution in [3.05, 3.63) is 57.5 Å². The molecule has 33 heavy (non-hydrogen) atoms. The first kappa shape index (κ1) is 23.0. The highest BCUT2D eigenvalue weighted by atomic mass is 32.1. The minimum absolute atomic E-state index is 0.0308. The number of amides is 1. The maximum atomic E-state index is 13.8. The predicted molar refractivity (Wildman–Crippen MR) is 119 cm³/mol. The highest BCUT2D eigenvalue weighted by molar-refractivity contribution is 7.15. The summed E-state index contributed by atoms with van der Waals surface area (Å²) >= 11 is 1.40. The summed E-state index contributed by atoms with van der Waals surface area (Å²) in [5.74, 6) is -0.498. The molecule has 0 saturated heterocycles. The van der Waals surface area contributed by atoms with Crippen molar-refractivity contribution in [1.82, 2.24) is 29.3 Å². The number of halogens is 3. The molecule has 0 unspecified atom stereocenters. The van der Waals surface area contributed by atoms with Crippen molar-refractivity contribution in [3.8, 4) is 10.6 Å². The number of aromatic nitrogens is 5. The molecular formula is C22H23F3N6OS. The molecule has 4 rings (SSSR count). The minimum atomic E-state index is -4.66. The van der Waals surface area contributed by atoms with E-state index in [1.807, 2.05) is 33.9 Å². The van der Waals surface area contributed by atoms with E-state index in [2.05, 4.69) is 15.2 Å². The van der Waals surface area contributed by atoms with Crippen LogP contribution in [0.25, 0.3) is 16.2 Å². The minimum Gasteiger partial charge on any atom is -0.336 e. The number of hydrogen-bond acceptors (Lipinski definition) is 5. The molecule has 0 saturated carbocycles. The summed E-state index contributed by atoms with van der Waals surface area (Å²) in [6, 6.07) is 5.92. The van der Waals surface area contributed by atoms with Gasteiger partial charge in [-0.05, 0) is 38.5 Å². The number of hydrogen-bond donors (Lipinski definition) is 0. The van der Waals surface area contributed by atoms with Gasteiger partial charge in [-0.25, -0.2) is 9.50 Å². The lowest BCUT2D eigenvalue weighted by molar-refractivity contribution is -0.142. The number of alkyl halides is 3. The Balaban J connectivity index is 1.73. The second-order valence-electron chi connectivity index (χ2n) is 7.88. The molecule has 0 aliphatic rings. The lowest BCUT2D eigenvalue weighted by atomic mass is 10.2. The fourth-order valence-corrected chi connectivity index (χ4v) is 4.57. The lowest BCUT2D eigenvalue weighted by Gasteiger charge is -2.16. The van der Waals surface area contributed by atoms with E-state index in [0.717, 1.165) is 34.3 Å². The van der Waals surface area contributed by atoms with E-state index in [9.17, 15) is 18.0 Å². The maximum absolute atomic E-state index is 13.8. The molecule has 0 N–H and O–H groups in total. The average molecular weight is 477 g/mol. The van der Waals surface area contributed by atoms with Crippen molar-refractivity contribution in [2.75, 3.05) is 7.05 Å². The van der Waals surface area contributed by atoms with Gasteiger partial charge in [-0.2, -0.15) is 23.4 Å².